The van der Waals surface area contributed by atoms with Crippen LogP contribution in [-0.4, -0.2) is 55.9 Å². The summed E-state index contributed by atoms with van der Waals surface area (Å²) < 4.78 is 15.6. The summed E-state index contributed by atoms with van der Waals surface area (Å²) in [4.78, 5) is 23.7. The van der Waals surface area contributed by atoms with E-state index in [1.807, 2.05) is 6.92 Å². The van der Waals surface area contributed by atoms with Crippen molar-refractivity contribution in [1.82, 2.24) is 5.32 Å². The number of carbonyl (C=O) groups is 2. The van der Waals surface area contributed by atoms with Crippen LogP contribution in [0.15, 0.2) is 12.1 Å². The van der Waals surface area contributed by atoms with E-state index in [1.165, 1.54) is 33.5 Å². The first-order valence-electron chi connectivity index (χ1n) is 7.39. The number of hydrogen-bond acceptors (Lipinski definition) is 6. The SMILES string of the molecule is CCSCC[C@H](NC(=O)c1cc(OC)c(OC)c(OC)c1)C(=O)O. The highest BCUT2D eigenvalue weighted by atomic mass is 32.2. The second-order valence-corrected chi connectivity index (χ2v) is 6.16. The number of carboxylic acid groups (broad SMARTS) is 1. The summed E-state index contributed by atoms with van der Waals surface area (Å²) in [6, 6.07) is 2.02. The van der Waals surface area contributed by atoms with Crippen LogP contribution in [0.25, 0.3) is 0 Å². The molecule has 0 unspecified atom stereocenters. The molecule has 0 saturated carbocycles. The van der Waals surface area contributed by atoms with E-state index in [0.29, 0.717) is 29.4 Å². The summed E-state index contributed by atoms with van der Waals surface area (Å²) >= 11 is 1.62. The summed E-state index contributed by atoms with van der Waals surface area (Å²) in [5, 5.41) is 11.8. The summed E-state index contributed by atoms with van der Waals surface area (Å²) in [5.41, 5.74) is 0.235. The van der Waals surface area contributed by atoms with Gasteiger partial charge < -0.3 is 24.6 Å². The third-order valence-electron chi connectivity index (χ3n) is 3.29. The lowest BCUT2D eigenvalue weighted by molar-refractivity contribution is -0.139. The van der Waals surface area contributed by atoms with Crippen molar-refractivity contribution in [2.75, 3.05) is 32.8 Å². The molecule has 0 aromatic heterocycles. The number of amides is 1. The van der Waals surface area contributed by atoms with E-state index >= 15 is 0 Å². The van der Waals surface area contributed by atoms with Gasteiger partial charge in [0.05, 0.1) is 21.3 Å². The van der Waals surface area contributed by atoms with Crippen LogP contribution in [0.3, 0.4) is 0 Å². The number of methoxy groups -OCH3 is 3. The maximum atomic E-state index is 12.4. The molecule has 1 atom stereocenters. The van der Waals surface area contributed by atoms with Crippen molar-refractivity contribution in [3.05, 3.63) is 17.7 Å². The Morgan fingerprint density at radius 2 is 1.75 bits per heavy atom. The fourth-order valence-corrected chi connectivity index (χ4v) is 2.75. The Kier molecular flexibility index (Phi) is 8.25. The molecule has 134 valence electrons. The van der Waals surface area contributed by atoms with E-state index in [1.54, 1.807) is 11.8 Å². The molecule has 1 rings (SSSR count). The van der Waals surface area contributed by atoms with Gasteiger partial charge in [0, 0.05) is 5.56 Å². The lowest BCUT2D eigenvalue weighted by atomic mass is 10.1. The van der Waals surface area contributed by atoms with E-state index in [4.69, 9.17) is 14.2 Å². The number of carboxylic acids is 1. The standard InChI is InChI=1S/C16H23NO6S/c1-5-24-7-6-11(16(19)20)17-15(18)10-8-12(21-2)14(23-4)13(9-10)22-3/h8-9,11H,5-7H2,1-4H3,(H,17,18)(H,19,20)/t11-/m0/s1. The molecule has 0 aliphatic rings. The molecule has 0 aliphatic heterocycles. The molecule has 1 amide bonds. The monoisotopic (exact) mass is 357 g/mol. The lowest BCUT2D eigenvalue weighted by Gasteiger charge is -2.16. The number of benzene rings is 1. The number of hydrogen-bond donors (Lipinski definition) is 2. The average molecular weight is 357 g/mol. The van der Waals surface area contributed by atoms with Crippen molar-refractivity contribution in [3.63, 3.8) is 0 Å². The zero-order chi connectivity index (χ0) is 18.1. The number of ether oxygens (including phenoxy) is 3. The minimum atomic E-state index is -1.06. The van der Waals surface area contributed by atoms with Crippen LogP contribution in [0, 0.1) is 0 Å². The van der Waals surface area contributed by atoms with Gasteiger partial charge in [-0.1, -0.05) is 6.92 Å². The predicted octanol–water partition coefficient (Wildman–Crippen LogP) is 2.04. The zero-order valence-corrected chi connectivity index (χ0v) is 15.1. The third kappa shape index (κ3) is 5.23. The average Bonchev–Trinajstić information content (AvgIpc) is 2.59. The number of carbonyl (C=O) groups excluding carboxylic acids is 1. The molecular formula is C16H23NO6S. The number of aliphatic carboxylic acids is 1. The number of rotatable bonds is 10. The van der Waals surface area contributed by atoms with Crippen LogP contribution in [0.2, 0.25) is 0 Å². The van der Waals surface area contributed by atoms with Crippen LogP contribution in [0.4, 0.5) is 0 Å². The van der Waals surface area contributed by atoms with Crippen molar-refractivity contribution in [1.29, 1.82) is 0 Å². The van der Waals surface area contributed by atoms with Crippen molar-refractivity contribution >= 4 is 23.6 Å². The van der Waals surface area contributed by atoms with E-state index in [-0.39, 0.29) is 5.56 Å². The highest BCUT2D eigenvalue weighted by Gasteiger charge is 2.22. The van der Waals surface area contributed by atoms with E-state index in [9.17, 15) is 14.7 Å². The topological polar surface area (TPSA) is 94.1 Å². The highest BCUT2D eigenvalue weighted by molar-refractivity contribution is 7.99. The predicted molar refractivity (Wildman–Crippen MR) is 92.6 cm³/mol. The van der Waals surface area contributed by atoms with Crippen molar-refractivity contribution in [2.24, 2.45) is 0 Å². The van der Waals surface area contributed by atoms with E-state index in [2.05, 4.69) is 5.32 Å². The van der Waals surface area contributed by atoms with Crippen LogP contribution >= 0.6 is 11.8 Å². The number of thioether (sulfide) groups is 1. The van der Waals surface area contributed by atoms with Gasteiger partial charge in [-0.2, -0.15) is 11.8 Å². The van der Waals surface area contributed by atoms with Crippen LogP contribution in [0.1, 0.15) is 23.7 Å². The van der Waals surface area contributed by atoms with Gasteiger partial charge in [0.15, 0.2) is 11.5 Å². The molecule has 1 aromatic carbocycles. The van der Waals surface area contributed by atoms with E-state index < -0.39 is 17.9 Å². The Morgan fingerprint density at radius 3 is 2.17 bits per heavy atom. The second kappa shape index (κ2) is 9.92. The van der Waals surface area contributed by atoms with Gasteiger partial charge in [0.25, 0.3) is 5.91 Å². The lowest BCUT2D eigenvalue weighted by Crippen LogP contribution is -2.41. The number of nitrogens with one attached hydrogen (secondary N) is 1. The molecule has 0 saturated heterocycles. The van der Waals surface area contributed by atoms with Gasteiger partial charge >= 0.3 is 5.97 Å². The molecule has 0 radical (unpaired) electrons. The first-order chi connectivity index (χ1) is 11.5. The molecule has 24 heavy (non-hydrogen) atoms. The van der Waals surface area contributed by atoms with Gasteiger partial charge in [-0.15, -0.1) is 0 Å². The second-order valence-electron chi connectivity index (χ2n) is 4.76. The molecule has 0 spiro atoms. The fourth-order valence-electron chi connectivity index (χ4n) is 2.06. The summed E-state index contributed by atoms with van der Waals surface area (Å²) in [7, 11) is 4.36. The van der Waals surface area contributed by atoms with Crippen LogP contribution in [0.5, 0.6) is 17.2 Å². The Bertz CT molecular complexity index is 553. The highest BCUT2D eigenvalue weighted by Crippen LogP contribution is 2.38. The van der Waals surface area contributed by atoms with Gasteiger partial charge in [0.2, 0.25) is 5.75 Å². The van der Waals surface area contributed by atoms with E-state index in [0.717, 1.165) is 5.75 Å². The zero-order valence-electron chi connectivity index (χ0n) is 14.3. The Morgan fingerprint density at radius 1 is 1.17 bits per heavy atom. The summed E-state index contributed by atoms with van der Waals surface area (Å²) in [5.74, 6) is 1.00. The van der Waals surface area contributed by atoms with Gasteiger partial charge in [0.1, 0.15) is 6.04 Å². The first kappa shape index (κ1) is 20.0. The quantitative estimate of drug-likeness (QED) is 0.619. The van der Waals surface area contributed by atoms with Gasteiger partial charge in [-0.05, 0) is 30.1 Å². The van der Waals surface area contributed by atoms with Crippen LogP contribution < -0.4 is 19.5 Å². The summed E-state index contributed by atoms with van der Waals surface area (Å²) in [6.45, 7) is 1.99. The minimum absolute atomic E-state index is 0.235. The molecule has 7 nitrogen and oxygen atoms in total. The smallest absolute Gasteiger partial charge is 0.326 e. The molecule has 0 heterocycles. The maximum Gasteiger partial charge on any atom is 0.326 e. The van der Waals surface area contributed by atoms with Gasteiger partial charge in [-0.25, -0.2) is 4.79 Å². The largest absolute Gasteiger partial charge is 0.493 e. The van der Waals surface area contributed by atoms with Crippen molar-refractivity contribution < 1.29 is 28.9 Å². The molecule has 0 bridgehead atoms. The van der Waals surface area contributed by atoms with Crippen molar-refractivity contribution in [2.45, 2.75) is 19.4 Å². The van der Waals surface area contributed by atoms with Crippen LogP contribution in [-0.2, 0) is 4.79 Å². The maximum absolute atomic E-state index is 12.4. The molecule has 1 aromatic rings. The van der Waals surface area contributed by atoms with Gasteiger partial charge in [-0.3, -0.25) is 4.79 Å². The normalized spacial score (nSPS) is 11.5. The fraction of sp³-hybridized carbons (Fsp3) is 0.500. The summed E-state index contributed by atoms with van der Waals surface area (Å²) in [6.07, 6.45) is 0.351. The molecule has 0 fully saturated rings. The Hall–Kier alpha value is -2.09. The Balaban J connectivity index is 2.98. The first-order valence-corrected chi connectivity index (χ1v) is 8.55. The third-order valence-corrected chi connectivity index (χ3v) is 4.22. The Labute approximate surface area is 145 Å². The van der Waals surface area contributed by atoms with Crippen molar-refractivity contribution in [3.8, 4) is 17.2 Å². The molecule has 8 heteroatoms. The molecule has 2 N–H and O–H groups in total. The molecular weight excluding hydrogens is 334 g/mol. The minimum Gasteiger partial charge on any atom is -0.493 e. The molecule has 0 aliphatic carbocycles.